The second kappa shape index (κ2) is 6.06. The molecule has 104 valence electrons. The van der Waals surface area contributed by atoms with E-state index in [1.165, 1.54) is 24.2 Å². The molecule has 1 fully saturated rings. The number of amides is 1. The Morgan fingerprint density at radius 2 is 2.11 bits per heavy atom. The highest BCUT2D eigenvalue weighted by Gasteiger charge is 2.32. The molecule has 1 amide bonds. The van der Waals surface area contributed by atoms with E-state index in [1.807, 2.05) is 7.05 Å². The Morgan fingerprint density at radius 3 is 2.63 bits per heavy atom. The summed E-state index contributed by atoms with van der Waals surface area (Å²) in [6.45, 7) is 2.08. The minimum absolute atomic E-state index is 0.00211. The molecular weight excluding hydrogens is 282 g/mol. The molecule has 1 aromatic heterocycles. The number of nitrogens with zero attached hydrogens (tertiary/aromatic N) is 1. The van der Waals surface area contributed by atoms with Crippen molar-refractivity contribution in [2.75, 3.05) is 7.05 Å². The smallest absolute Gasteiger partial charge is 0.223 e. The Kier molecular flexibility index (Phi) is 4.63. The summed E-state index contributed by atoms with van der Waals surface area (Å²) < 4.78 is 0.606. The maximum absolute atomic E-state index is 12.0. The molecule has 1 saturated carbocycles. The topological polar surface area (TPSA) is 37.4 Å². The van der Waals surface area contributed by atoms with Crippen molar-refractivity contribution in [1.29, 1.82) is 0 Å². The van der Waals surface area contributed by atoms with Crippen LogP contribution in [0.25, 0.3) is 0 Å². The first-order chi connectivity index (χ1) is 8.99. The van der Waals surface area contributed by atoms with Crippen LogP contribution in [0.15, 0.2) is 12.1 Å². The molecule has 0 spiro atoms. The van der Waals surface area contributed by atoms with Gasteiger partial charge in [-0.05, 0) is 37.8 Å². The number of hydrogen-bond donors (Lipinski definition) is 0. The highest BCUT2D eigenvalue weighted by atomic mass is 35.5. The second-order valence-electron chi connectivity index (χ2n) is 5.11. The lowest BCUT2D eigenvalue weighted by atomic mass is 10.1. The van der Waals surface area contributed by atoms with E-state index < -0.39 is 0 Å². The highest BCUT2D eigenvalue weighted by Crippen LogP contribution is 2.34. The van der Waals surface area contributed by atoms with Crippen molar-refractivity contribution in [2.24, 2.45) is 5.92 Å². The molecule has 1 atom stereocenters. The van der Waals surface area contributed by atoms with Gasteiger partial charge in [-0.2, -0.15) is 0 Å². The van der Waals surface area contributed by atoms with Crippen LogP contribution in [0.3, 0.4) is 0 Å². The van der Waals surface area contributed by atoms with Crippen LogP contribution in [0.4, 0.5) is 0 Å². The molecule has 1 aliphatic carbocycles. The zero-order valence-corrected chi connectivity index (χ0v) is 12.8. The molecule has 0 saturated heterocycles. The highest BCUT2D eigenvalue weighted by molar-refractivity contribution is 7.18. The minimum Gasteiger partial charge on any atom is -0.343 e. The number of halogens is 1. The molecule has 5 heteroatoms. The molecule has 1 unspecified atom stereocenters. The summed E-state index contributed by atoms with van der Waals surface area (Å²) in [5.41, 5.74) is 0. The maximum atomic E-state index is 12.0. The van der Waals surface area contributed by atoms with Gasteiger partial charge >= 0.3 is 0 Å². The van der Waals surface area contributed by atoms with E-state index in [1.54, 1.807) is 17.0 Å². The monoisotopic (exact) mass is 299 g/mol. The Labute approximate surface area is 122 Å². The number of carbonyl (C=O) groups is 2. The van der Waals surface area contributed by atoms with Crippen molar-refractivity contribution in [2.45, 2.75) is 38.6 Å². The summed E-state index contributed by atoms with van der Waals surface area (Å²) in [5, 5.41) is 0. The van der Waals surface area contributed by atoms with E-state index in [4.69, 9.17) is 11.6 Å². The summed E-state index contributed by atoms with van der Waals surface area (Å²) in [6.07, 6.45) is 2.97. The van der Waals surface area contributed by atoms with E-state index in [0.29, 0.717) is 21.2 Å². The Morgan fingerprint density at radius 1 is 1.42 bits per heavy atom. The number of carbonyl (C=O) groups excluding carboxylic acids is 2. The lowest BCUT2D eigenvalue weighted by Gasteiger charge is -2.24. The van der Waals surface area contributed by atoms with Gasteiger partial charge in [0.25, 0.3) is 0 Å². The van der Waals surface area contributed by atoms with Gasteiger partial charge in [0.05, 0.1) is 9.21 Å². The van der Waals surface area contributed by atoms with Gasteiger partial charge in [-0.15, -0.1) is 11.3 Å². The quantitative estimate of drug-likeness (QED) is 0.752. The van der Waals surface area contributed by atoms with Gasteiger partial charge in [0.1, 0.15) is 0 Å². The average Bonchev–Trinajstić information content (AvgIpc) is 3.15. The molecule has 3 nitrogen and oxygen atoms in total. The molecule has 0 radical (unpaired) electrons. The van der Waals surface area contributed by atoms with Crippen LogP contribution >= 0.6 is 22.9 Å². The van der Waals surface area contributed by atoms with E-state index in [0.717, 1.165) is 0 Å². The van der Waals surface area contributed by atoms with Crippen LogP contribution in [0.1, 0.15) is 42.3 Å². The van der Waals surface area contributed by atoms with Gasteiger partial charge in [0.15, 0.2) is 5.78 Å². The second-order valence-corrected chi connectivity index (χ2v) is 6.82. The number of rotatable bonds is 6. The Hall–Kier alpha value is -0.870. The first-order valence-electron chi connectivity index (χ1n) is 6.53. The SMILES string of the molecule is CC(C1CC1)N(C)C(=O)CCC(=O)c1ccc(Cl)s1. The average molecular weight is 300 g/mol. The molecule has 1 heterocycles. The molecule has 0 bridgehead atoms. The molecule has 2 rings (SSSR count). The van der Waals surface area contributed by atoms with Crippen molar-refractivity contribution in [1.82, 2.24) is 4.90 Å². The van der Waals surface area contributed by atoms with E-state index in [-0.39, 0.29) is 24.5 Å². The van der Waals surface area contributed by atoms with Gasteiger partial charge in [0.2, 0.25) is 5.91 Å². The zero-order chi connectivity index (χ0) is 14.0. The predicted molar refractivity (Wildman–Crippen MR) is 77.8 cm³/mol. The van der Waals surface area contributed by atoms with Gasteiger partial charge in [-0.25, -0.2) is 0 Å². The van der Waals surface area contributed by atoms with Crippen LogP contribution in [0, 0.1) is 5.92 Å². The summed E-state index contributed by atoms with van der Waals surface area (Å²) in [4.78, 5) is 26.3. The van der Waals surface area contributed by atoms with Gasteiger partial charge in [0, 0.05) is 25.9 Å². The molecule has 19 heavy (non-hydrogen) atoms. The fourth-order valence-electron chi connectivity index (χ4n) is 2.11. The van der Waals surface area contributed by atoms with Gasteiger partial charge < -0.3 is 4.90 Å². The van der Waals surface area contributed by atoms with Crippen molar-refractivity contribution in [3.63, 3.8) is 0 Å². The normalized spacial score (nSPS) is 16.2. The summed E-state index contributed by atoms with van der Waals surface area (Å²) in [6, 6.07) is 3.72. The third-order valence-electron chi connectivity index (χ3n) is 3.72. The fraction of sp³-hybridized carbons (Fsp3) is 0.571. The molecule has 0 aliphatic heterocycles. The van der Waals surface area contributed by atoms with Crippen LogP contribution in [-0.4, -0.2) is 29.7 Å². The number of thiophene rings is 1. The fourth-order valence-corrected chi connectivity index (χ4v) is 3.12. The van der Waals surface area contributed by atoms with Crippen molar-refractivity contribution in [3.05, 3.63) is 21.3 Å². The largest absolute Gasteiger partial charge is 0.343 e. The number of hydrogen-bond acceptors (Lipinski definition) is 3. The Balaban J connectivity index is 1.81. The van der Waals surface area contributed by atoms with Crippen molar-refractivity contribution in [3.8, 4) is 0 Å². The number of ketones is 1. The van der Waals surface area contributed by atoms with Crippen LogP contribution < -0.4 is 0 Å². The third kappa shape index (κ3) is 3.80. The summed E-state index contributed by atoms with van der Waals surface area (Å²) in [7, 11) is 1.83. The van der Waals surface area contributed by atoms with Crippen molar-refractivity contribution >= 4 is 34.6 Å². The van der Waals surface area contributed by atoms with Gasteiger partial charge in [-0.1, -0.05) is 11.6 Å². The molecule has 1 aromatic rings. The molecule has 0 aromatic carbocycles. The lowest BCUT2D eigenvalue weighted by molar-refractivity contribution is -0.132. The summed E-state index contributed by atoms with van der Waals surface area (Å²) in [5.74, 6) is 0.703. The van der Waals surface area contributed by atoms with Gasteiger partial charge in [-0.3, -0.25) is 9.59 Å². The third-order valence-corrected chi connectivity index (χ3v) is 4.99. The van der Waals surface area contributed by atoms with E-state index >= 15 is 0 Å². The molecular formula is C14H18ClNO2S. The molecule has 0 N–H and O–H groups in total. The standard InChI is InChI=1S/C14H18ClNO2S/c1-9(10-3-4-10)16(2)14(18)8-5-11(17)12-6-7-13(15)19-12/h6-7,9-10H,3-5,8H2,1-2H3. The first kappa shape index (κ1) is 14.5. The van der Waals surface area contributed by atoms with E-state index in [9.17, 15) is 9.59 Å². The minimum atomic E-state index is -0.00211. The maximum Gasteiger partial charge on any atom is 0.223 e. The lowest BCUT2D eigenvalue weighted by Crippen LogP contribution is -2.36. The van der Waals surface area contributed by atoms with Crippen LogP contribution in [-0.2, 0) is 4.79 Å². The van der Waals surface area contributed by atoms with E-state index in [2.05, 4.69) is 6.92 Å². The number of Topliss-reactive ketones (excluding diaryl/α,β-unsaturated/α-hetero) is 1. The predicted octanol–water partition coefficient (Wildman–Crippen LogP) is 3.62. The zero-order valence-electron chi connectivity index (χ0n) is 11.2. The van der Waals surface area contributed by atoms with Crippen LogP contribution in [0.2, 0.25) is 4.34 Å². The van der Waals surface area contributed by atoms with Crippen LogP contribution in [0.5, 0.6) is 0 Å². The summed E-state index contributed by atoms with van der Waals surface area (Å²) >= 11 is 7.06. The van der Waals surface area contributed by atoms with Crippen molar-refractivity contribution < 1.29 is 9.59 Å². The molecule has 1 aliphatic rings. The first-order valence-corrected chi connectivity index (χ1v) is 7.72. The Bertz CT molecular complexity index is 482.